The van der Waals surface area contributed by atoms with Gasteiger partial charge in [-0.3, -0.25) is 4.79 Å². The molecule has 8 heteroatoms. The fourth-order valence-corrected chi connectivity index (χ4v) is 4.20. The van der Waals surface area contributed by atoms with Crippen molar-refractivity contribution in [2.75, 3.05) is 13.7 Å². The summed E-state index contributed by atoms with van der Waals surface area (Å²) in [4.78, 5) is 25.5. The van der Waals surface area contributed by atoms with Crippen molar-refractivity contribution >= 4 is 22.7 Å². The van der Waals surface area contributed by atoms with Crippen LogP contribution in [-0.4, -0.2) is 44.4 Å². The molecule has 28 heavy (non-hydrogen) atoms. The predicted molar refractivity (Wildman–Crippen MR) is 106 cm³/mol. The summed E-state index contributed by atoms with van der Waals surface area (Å²) in [5, 5.41) is 7.56. The van der Waals surface area contributed by atoms with Crippen LogP contribution in [0.2, 0.25) is 0 Å². The van der Waals surface area contributed by atoms with E-state index in [0.29, 0.717) is 24.8 Å². The number of carbonyl (C=O) groups excluding carboxylic acids is 1. The van der Waals surface area contributed by atoms with Gasteiger partial charge in [0.15, 0.2) is 0 Å². The molecular formula is C20H27N5O3. The second kappa shape index (κ2) is 7.79. The Kier molecular flexibility index (Phi) is 5.21. The zero-order valence-corrected chi connectivity index (χ0v) is 16.4. The lowest BCUT2D eigenvalue weighted by atomic mass is 9.86. The van der Waals surface area contributed by atoms with Crippen LogP contribution in [0.15, 0.2) is 29.1 Å². The molecule has 4 rings (SSSR count). The first-order valence-electron chi connectivity index (χ1n) is 9.95. The number of methoxy groups -OCH3 is 1. The molecule has 2 heterocycles. The summed E-state index contributed by atoms with van der Waals surface area (Å²) in [6.45, 7) is 3.19. The Hall–Kier alpha value is -2.61. The number of rotatable bonds is 6. The molecule has 150 valence electrons. The van der Waals surface area contributed by atoms with Crippen molar-refractivity contribution in [3.8, 4) is 0 Å². The van der Waals surface area contributed by atoms with Gasteiger partial charge in [0.2, 0.25) is 11.7 Å². The summed E-state index contributed by atoms with van der Waals surface area (Å²) >= 11 is 0. The number of carbonyl (C=O) groups is 1. The Morgan fingerprint density at radius 2 is 2.00 bits per heavy atom. The van der Waals surface area contributed by atoms with E-state index in [0.717, 1.165) is 30.3 Å². The average Bonchev–Trinajstić information content (AvgIpc) is 3.16. The highest BCUT2D eigenvalue weighted by molar-refractivity contribution is 5.81. The molecule has 1 aromatic carbocycles. The number of ether oxygens (including phenoxy) is 1. The van der Waals surface area contributed by atoms with Crippen LogP contribution < -0.4 is 11.0 Å². The zero-order valence-electron chi connectivity index (χ0n) is 16.4. The van der Waals surface area contributed by atoms with Gasteiger partial charge in [0.25, 0.3) is 0 Å². The number of para-hydroxylation sites is 2. The van der Waals surface area contributed by atoms with Gasteiger partial charge in [-0.05, 0) is 30.9 Å². The zero-order chi connectivity index (χ0) is 19.7. The number of hydrogen-bond acceptors (Lipinski definition) is 4. The lowest BCUT2D eigenvalue weighted by Crippen LogP contribution is -2.43. The Labute approximate surface area is 163 Å². The van der Waals surface area contributed by atoms with Crippen LogP contribution in [0, 0.1) is 5.92 Å². The molecule has 0 bridgehead atoms. The highest BCUT2D eigenvalue weighted by atomic mass is 16.5. The summed E-state index contributed by atoms with van der Waals surface area (Å²) in [7, 11) is 1.64. The quantitative estimate of drug-likeness (QED) is 0.701. The van der Waals surface area contributed by atoms with Crippen LogP contribution >= 0.6 is 0 Å². The second-order valence-electron chi connectivity index (χ2n) is 7.64. The molecule has 1 saturated carbocycles. The third-order valence-corrected chi connectivity index (χ3v) is 5.75. The Morgan fingerprint density at radius 3 is 2.75 bits per heavy atom. The fourth-order valence-electron chi connectivity index (χ4n) is 4.20. The van der Waals surface area contributed by atoms with Crippen molar-refractivity contribution in [3.05, 3.63) is 34.7 Å². The average molecular weight is 385 g/mol. The van der Waals surface area contributed by atoms with E-state index < -0.39 is 0 Å². The van der Waals surface area contributed by atoms with Crippen molar-refractivity contribution in [1.82, 2.24) is 24.1 Å². The molecule has 0 aliphatic heterocycles. The molecule has 3 aromatic rings. The first kappa shape index (κ1) is 18.7. The number of amides is 1. The van der Waals surface area contributed by atoms with Crippen LogP contribution in [-0.2, 0) is 22.6 Å². The molecule has 0 unspecified atom stereocenters. The minimum absolute atomic E-state index is 0.0671. The van der Waals surface area contributed by atoms with Crippen molar-refractivity contribution < 1.29 is 9.53 Å². The number of benzene rings is 1. The summed E-state index contributed by atoms with van der Waals surface area (Å²) < 4.78 is 9.99. The number of nitrogens with zero attached hydrogens (tertiary/aromatic N) is 4. The molecule has 1 N–H and O–H groups in total. The van der Waals surface area contributed by atoms with Gasteiger partial charge in [-0.15, -0.1) is 5.10 Å². The Balaban J connectivity index is 1.64. The first-order chi connectivity index (χ1) is 13.6. The van der Waals surface area contributed by atoms with Crippen LogP contribution in [0.4, 0.5) is 0 Å². The Bertz CT molecular complexity index is 1050. The van der Waals surface area contributed by atoms with Crippen molar-refractivity contribution in [2.45, 2.75) is 51.7 Å². The maximum absolute atomic E-state index is 13.0. The molecule has 1 aliphatic carbocycles. The van der Waals surface area contributed by atoms with E-state index in [2.05, 4.69) is 17.3 Å². The van der Waals surface area contributed by atoms with Crippen LogP contribution in [0.1, 0.15) is 32.6 Å². The van der Waals surface area contributed by atoms with Crippen molar-refractivity contribution in [1.29, 1.82) is 0 Å². The fraction of sp³-hybridized carbons (Fsp3) is 0.550. The van der Waals surface area contributed by atoms with E-state index in [1.807, 2.05) is 28.8 Å². The second-order valence-corrected chi connectivity index (χ2v) is 7.64. The largest absolute Gasteiger partial charge is 0.383 e. The van der Waals surface area contributed by atoms with Gasteiger partial charge in [-0.25, -0.2) is 13.9 Å². The van der Waals surface area contributed by atoms with Gasteiger partial charge in [-0.1, -0.05) is 31.9 Å². The van der Waals surface area contributed by atoms with E-state index in [1.165, 1.54) is 11.1 Å². The van der Waals surface area contributed by atoms with E-state index in [-0.39, 0.29) is 24.2 Å². The van der Waals surface area contributed by atoms with Gasteiger partial charge in [0.05, 0.1) is 17.6 Å². The standard InChI is InChI=1S/C20H27N5O3/c1-14-7-3-4-8-15(14)21-18(26)13-24-20(27)25-17-10-6-5-9-16(17)23(11-12-28-2)19(25)22-24/h5-6,9-10,14-15H,3-4,7-8,11-13H2,1-2H3,(H,21,26)/t14-,15+/m1/s1. The third kappa shape index (κ3) is 3.32. The van der Waals surface area contributed by atoms with E-state index >= 15 is 0 Å². The van der Waals surface area contributed by atoms with Crippen LogP contribution in [0.3, 0.4) is 0 Å². The number of nitrogens with one attached hydrogen (secondary N) is 1. The molecule has 1 fully saturated rings. The molecule has 1 aliphatic rings. The maximum Gasteiger partial charge on any atom is 0.352 e. The van der Waals surface area contributed by atoms with Gasteiger partial charge in [0, 0.05) is 19.7 Å². The number of aromatic nitrogens is 4. The third-order valence-electron chi connectivity index (χ3n) is 5.75. The highest BCUT2D eigenvalue weighted by Gasteiger charge is 2.24. The minimum Gasteiger partial charge on any atom is -0.383 e. The number of hydrogen-bond donors (Lipinski definition) is 1. The lowest BCUT2D eigenvalue weighted by molar-refractivity contribution is -0.123. The van der Waals surface area contributed by atoms with Gasteiger partial charge >= 0.3 is 5.69 Å². The minimum atomic E-state index is -0.297. The van der Waals surface area contributed by atoms with E-state index in [4.69, 9.17) is 4.74 Å². The summed E-state index contributed by atoms with van der Waals surface area (Å²) in [6, 6.07) is 7.86. The molecule has 2 aromatic heterocycles. The SMILES string of the molecule is COCCn1c2ccccc2n2c(=O)n(CC(=O)N[C@H]3CCCC[C@H]3C)nc12. The molecule has 0 saturated heterocycles. The molecule has 0 radical (unpaired) electrons. The molecule has 0 spiro atoms. The van der Waals surface area contributed by atoms with Gasteiger partial charge in [-0.2, -0.15) is 0 Å². The van der Waals surface area contributed by atoms with Gasteiger partial charge in [0.1, 0.15) is 6.54 Å². The van der Waals surface area contributed by atoms with Crippen LogP contribution in [0.5, 0.6) is 0 Å². The topological polar surface area (TPSA) is 82.6 Å². The van der Waals surface area contributed by atoms with Crippen molar-refractivity contribution in [2.24, 2.45) is 5.92 Å². The summed E-state index contributed by atoms with van der Waals surface area (Å²) in [5.74, 6) is 0.842. The van der Waals surface area contributed by atoms with Gasteiger partial charge < -0.3 is 14.6 Å². The number of fused-ring (bicyclic) bond motifs is 3. The highest BCUT2D eigenvalue weighted by Crippen LogP contribution is 2.23. The molecule has 2 atom stereocenters. The Morgan fingerprint density at radius 1 is 1.25 bits per heavy atom. The normalized spacial score (nSPS) is 20.1. The maximum atomic E-state index is 13.0. The summed E-state index contributed by atoms with van der Waals surface area (Å²) in [6.07, 6.45) is 4.49. The summed E-state index contributed by atoms with van der Waals surface area (Å²) in [5.41, 5.74) is 1.41. The molecule has 8 nitrogen and oxygen atoms in total. The lowest BCUT2D eigenvalue weighted by Gasteiger charge is -2.29. The van der Waals surface area contributed by atoms with E-state index in [1.54, 1.807) is 11.5 Å². The van der Waals surface area contributed by atoms with Crippen molar-refractivity contribution in [3.63, 3.8) is 0 Å². The van der Waals surface area contributed by atoms with E-state index in [9.17, 15) is 9.59 Å². The number of imidazole rings is 1. The first-order valence-corrected chi connectivity index (χ1v) is 9.95. The predicted octanol–water partition coefficient (Wildman–Crippen LogP) is 1.79. The monoisotopic (exact) mass is 385 g/mol. The smallest absolute Gasteiger partial charge is 0.352 e. The molecule has 1 amide bonds. The molecular weight excluding hydrogens is 358 g/mol. The van der Waals surface area contributed by atoms with Crippen LogP contribution in [0.25, 0.3) is 16.8 Å².